The summed E-state index contributed by atoms with van der Waals surface area (Å²) in [5.74, 6) is 0.340. The molecule has 4 rings (SSSR count). The Balaban J connectivity index is 1.51. The van der Waals surface area contributed by atoms with Crippen LogP contribution in [0.25, 0.3) is 10.2 Å². The van der Waals surface area contributed by atoms with Crippen LogP contribution in [0.1, 0.15) is 36.5 Å². The summed E-state index contributed by atoms with van der Waals surface area (Å²) in [5.41, 5.74) is 1.27. The summed E-state index contributed by atoms with van der Waals surface area (Å²) in [6, 6.07) is 11.8. The first-order chi connectivity index (χ1) is 16.1. The summed E-state index contributed by atoms with van der Waals surface area (Å²) in [5, 5.41) is 0.589. The molecule has 0 N–H and O–H groups in total. The van der Waals surface area contributed by atoms with E-state index in [9.17, 15) is 9.18 Å². The van der Waals surface area contributed by atoms with E-state index < -0.39 is 0 Å². The summed E-state index contributed by atoms with van der Waals surface area (Å²) in [6.45, 7) is 7.53. The molecule has 0 spiro atoms. The number of benzene rings is 2. The third kappa shape index (κ3) is 6.28. The fraction of sp³-hybridized carbons (Fsp3) is 0.440. The maximum absolute atomic E-state index is 13.7. The highest BCUT2D eigenvalue weighted by Crippen LogP contribution is 2.30. The first-order valence-electron chi connectivity index (χ1n) is 11.5. The fourth-order valence-corrected chi connectivity index (χ4v) is 4.76. The Morgan fingerprint density at radius 1 is 1.18 bits per heavy atom. The van der Waals surface area contributed by atoms with E-state index in [4.69, 9.17) is 9.47 Å². The molecule has 1 aliphatic heterocycles. The molecule has 0 radical (unpaired) electrons. The second kappa shape index (κ2) is 11.5. The Labute approximate surface area is 197 Å². The van der Waals surface area contributed by atoms with Gasteiger partial charge in [-0.25, -0.2) is 9.37 Å². The van der Waals surface area contributed by atoms with Crippen LogP contribution in [0.2, 0.25) is 0 Å². The second-order valence-electron chi connectivity index (χ2n) is 8.10. The quantitative estimate of drug-likeness (QED) is 0.390. The normalized spacial score (nSPS) is 14.5. The molecule has 1 fully saturated rings. The summed E-state index contributed by atoms with van der Waals surface area (Å²) in [7, 11) is 0. The molecule has 33 heavy (non-hydrogen) atoms. The van der Waals surface area contributed by atoms with Gasteiger partial charge in [0.2, 0.25) is 0 Å². The van der Waals surface area contributed by atoms with Gasteiger partial charge in [0.1, 0.15) is 11.6 Å². The van der Waals surface area contributed by atoms with Crippen LogP contribution in [0.5, 0.6) is 5.75 Å². The highest BCUT2D eigenvalue weighted by molar-refractivity contribution is 7.22. The number of fused-ring (bicyclic) bond motifs is 1. The lowest BCUT2D eigenvalue weighted by Gasteiger charge is -2.27. The van der Waals surface area contributed by atoms with Crippen LogP contribution in [-0.2, 0) is 4.74 Å². The van der Waals surface area contributed by atoms with Crippen molar-refractivity contribution in [1.29, 1.82) is 0 Å². The van der Waals surface area contributed by atoms with Crippen LogP contribution in [0.3, 0.4) is 0 Å². The maximum Gasteiger partial charge on any atom is 0.260 e. The minimum Gasteiger partial charge on any atom is -0.494 e. The van der Waals surface area contributed by atoms with Crippen molar-refractivity contribution >= 4 is 32.6 Å². The predicted octanol–water partition coefficient (Wildman–Crippen LogP) is 4.98. The van der Waals surface area contributed by atoms with Gasteiger partial charge in [-0.15, -0.1) is 0 Å². The molecule has 1 aromatic heterocycles. The van der Waals surface area contributed by atoms with Gasteiger partial charge >= 0.3 is 0 Å². The molecule has 0 aliphatic carbocycles. The summed E-state index contributed by atoms with van der Waals surface area (Å²) < 4.78 is 25.6. The van der Waals surface area contributed by atoms with Crippen molar-refractivity contribution in [2.45, 2.75) is 26.2 Å². The van der Waals surface area contributed by atoms with Gasteiger partial charge in [-0.2, -0.15) is 0 Å². The molecular formula is C25H30FN3O3S. The third-order valence-electron chi connectivity index (χ3n) is 5.64. The number of carbonyl (C=O) groups is 1. The van der Waals surface area contributed by atoms with E-state index in [1.165, 1.54) is 23.5 Å². The van der Waals surface area contributed by atoms with E-state index >= 15 is 0 Å². The molecule has 2 heterocycles. The van der Waals surface area contributed by atoms with Crippen molar-refractivity contribution in [2.75, 3.05) is 50.9 Å². The number of morpholine rings is 1. The van der Waals surface area contributed by atoms with E-state index in [0.717, 1.165) is 62.6 Å². The molecule has 0 bridgehead atoms. The number of ether oxygens (including phenoxy) is 2. The molecule has 6 nitrogen and oxygen atoms in total. The van der Waals surface area contributed by atoms with Crippen LogP contribution in [0.15, 0.2) is 42.5 Å². The molecule has 0 unspecified atom stereocenters. The van der Waals surface area contributed by atoms with E-state index in [1.807, 2.05) is 12.1 Å². The number of hydrogen-bond donors (Lipinski definition) is 0. The van der Waals surface area contributed by atoms with Crippen molar-refractivity contribution in [3.05, 3.63) is 53.8 Å². The molecule has 176 valence electrons. The van der Waals surface area contributed by atoms with E-state index in [2.05, 4.69) is 16.8 Å². The van der Waals surface area contributed by atoms with Crippen molar-refractivity contribution in [2.24, 2.45) is 0 Å². The Hall–Kier alpha value is -2.55. The number of amides is 1. The lowest BCUT2D eigenvalue weighted by atomic mass is 10.2. The molecule has 3 aromatic rings. The Morgan fingerprint density at radius 2 is 1.97 bits per heavy atom. The van der Waals surface area contributed by atoms with Gasteiger partial charge in [0.05, 0.1) is 30.0 Å². The van der Waals surface area contributed by atoms with Gasteiger partial charge < -0.3 is 9.47 Å². The van der Waals surface area contributed by atoms with E-state index in [1.54, 1.807) is 23.1 Å². The zero-order valence-corrected chi connectivity index (χ0v) is 19.8. The highest BCUT2D eigenvalue weighted by Gasteiger charge is 2.22. The number of aromatic nitrogens is 1. The Morgan fingerprint density at radius 3 is 2.73 bits per heavy atom. The average molecular weight is 472 g/mol. The summed E-state index contributed by atoms with van der Waals surface area (Å²) in [6.07, 6.45) is 2.88. The van der Waals surface area contributed by atoms with Crippen LogP contribution in [0.4, 0.5) is 9.52 Å². The Bertz CT molecular complexity index is 1050. The first kappa shape index (κ1) is 23.6. The molecule has 1 amide bonds. The number of rotatable bonds is 10. The van der Waals surface area contributed by atoms with Crippen LogP contribution >= 0.6 is 11.3 Å². The van der Waals surface area contributed by atoms with Crippen LogP contribution in [-0.4, -0.2) is 61.8 Å². The summed E-state index contributed by atoms with van der Waals surface area (Å²) in [4.78, 5) is 22.2. The second-order valence-corrected chi connectivity index (χ2v) is 9.11. The van der Waals surface area contributed by atoms with Gasteiger partial charge in [0, 0.05) is 31.7 Å². The van der Waals surface area contributed by atoms with Gasteiger partial charge in [0.15, 0.2) is 5.13 Å². The van der Waals surface area contributed by atoms with Gasteiger partial charge in [-0.3, -0.25) is 14.6 Å². The highest BCUT2D eigenvalue weighted by atomic mass is 32.1. The smallest absolute Gasteiger partial charge is 0.260 e. The third-order valence-corrected chi connectivity index (χ3v) is 6.68. The number of thiazole rings is 1. The van der Waals surface area contributed by atoms with Gasteiger partial charge in [-0.05, 0) is 55.3 Å². The largest absolute Gasteiger partial charge is 0.494 e. The number of hydrogen-bond acceptors (Lipinski definition) is 6. The lowest BCUT2D eigenvalue weighted by molar-refractivity contribution is 0.0376. The number of halogens is 1. The minimum atomic E-state index is -0.304. The maximum atomic E-state index is 13.7. The predicted molar refractivity (Wildman–Crippen MR) is 130 cm³/mol. The number of carbonyl (C=O) groups excluding carboxylic acids is 1. The first-order valence-corrected chi connectivity index (χ1v) is 12.4. The summed E-state index contributed by atoms with van der Waals surface area (Å²) >= 11 is 1.34. The van der Waals surface area contributed by atoms with Crippen LogP contribution < -0.4 is 9.64 Å². The van der Waals surface area contributed by atoms with Crippen molar-refractivity contribution < 1.29 is 18.7 Å². The average Bonchev–Trinajstić information content (AvgIpc) is 3.25. The number of unbranched alkanes of at least 4 members (excludes halogenated alkanes) is 1. The fourth-order valence-electron chi connectivity index (χ4n) is 3.75. The number of anilines is 1. The molecule has 0 atom stereocenters. The van der Waals surface area contributed by atoms with Crippen molar-refractivity contribution in [3.8, 4) is 5.75 Å². The van der Waals surface area contributed by atoms with Gasteiger partial charge in [0.25, 0.3) is 5.91 Å². The number of nitrogens with zero attached hydrogens (tertiary/aromatic N) is 3. The molecule has 1 saturated heterocycles. The van der Waals surface area contributed by atoms with Crippen molar-refractivity contribution in [1.82, 2.24) is 9.88 Å². The van der Waals surface area contributed by atoms with Crippen molar-refractivity contribution in [3.63, 3.8) is 0 Å². The van der Waals surface area contributed by atoms with E-state index in [-0.39, 0.29) is 11.7 Å². The minimum absolute atomic E-state index is 0.114. The molecule has 8 heteroatoms. The van der Waals surface area contributed by atoms with Crippen LogP contribution in [0, 0.1) is 5.82 Å². The SMILES string of the molecule is CCCCOc1ccc(C(=O)N(CCCN2CCOCC2)c2nc3ccc(F)cc3s2)cc1. The molecule has 0 saturated carbocycles. The molecule has 2 aromatic carbocycles. The zero-order valence-electron chi connectivity index (χ0n) is 19.0. The zero-order chi connectivity index (χ0) is 23.0. The monoisotopic (exact) mass is 471 g/mol. The Kier molecular flexibility index (Phi) is 8.25. The molecular weight excluding hydrogens is 441 g/mol. The molecule has 1 aliphatic rings. The lowest BCUT2D eigenvalue weighted by Crippen LogP contribution is -2.39. The van der Waals surface area contributed by atoms with Gasteiger partial charge in [-0.1, -0.05) is 24.7 Å². The topological polar surface area (TPSA) is 54.9 Å². The van der Waals surface area contributed by atoms with E-state index in [0.29, 0.717) is 29.4 Å². The standard InChI is InChI=1S/C25H30FN3O3S/c1-2-3-15-32-21-8-5-19(6-9-21)24(30)29(12-4-11-28-13-16-31-17-14-28)25-27-22-10-7-20(26)18-23(22)33-25/h5-10,18H,2-4,11-17H2,1H3.